The van der Waals surface area contributed by atoms with E-state index in [4.69, 9.17) is 33.5 Å². The van der Waals surface area contributed by atoms with E-state index in [1.54, 1.807) is 24.3 Å². The van der Waals surface area contributed by atoms with Crippen LogP contribution in [0.2, 0.25) is 10.0 Å². The second-order valence-corrected chi connectivity index (χ2v) is 6.10. The second-order valence-electron chi connectivity index (χ2n) is 4.31. The lowest BCUT2D eigenvalue weighted by Crippen LogP contribution is -1.90. The minimum Gasteiger partial charge on any atom is -0.398 e. The maximum Gasteiger partial charge on any atom is 0.260 e. The molecule has 0 atom stereocenters. The third-order valence-corrected chi connectivity index (χ3v) is 3.72. The van der Waals surface area contributed by atoms with Crippen molar-refractivity contribution in [2.24, 2.45) is 0 Å². The van der Waals surface area contributed by atoms with Gasteiger partial charge in [-0.05, 0) is 36.4 Å². The van der Waals surface area contributed by atoms with Gasteiger partial charge in [-0.3, -0.25) is 0 Å². The largest absolute Gasteiger partial charge is 0.398 e. The Morgan fingerprint density at radius 2 is 1.76 bits per heavy atom. The van der Waals surface area contributed by atoms with Crippen molar-refractivity contribution < 1.29 is 4.52 Å². The van der Waals surface area contributed by atoms with Crippen LogP contribution in [0.15, 0.2) is 45.4 Å². The molecule has 2 aromatic carbocycles. The van der Waals surface area contributed by atoms with Crippen LogP contribution in [0.5, 0.6) is 0 Å². The van der Waals surface area contributed by atoms with Crippen LogP contribution >= 0.6 is 39.1 Å². The van der Waals surface area contributed by atoms with Gasteiger partial charge in [0.1, 0.15) is 0 Å². The maximum atomic E-state index is 5.97. The fraction of sp³-hybridized carbons (Fsp3) is 0. The Hall–Kier alpha value is -1.56. The predicted molar refractivity (Wildman–Crippen MR) is 87.3 cm³/mol. The van der Waals surface area contributed by atoms with Crippen molar-refractivity contribution >= 4 is 44.8 Å². The average Bonchev–Trinajstić information content (AvgIpc) is 2.87. The Morgan fingerprint density at radius 1 is 1.05 bits per heavy atom. The smallest absolute Gasteiger partial charge is 0.260 e. The van der Waals surface area contributed by atoms with Gasteiger partial charge in [0.2, 0.25) is 5.82 Å². The van der Waals surface area contributed by atoms with Crippen LogP contribution in [0.25, 0.3) is 22.8 Å². The fourth-order valence-corrected chi connectivity index (χ4v) is 2.77. The highest BCUT2D eigenvalue weighted by molar-refractivity contribution is 9.10. The molecule has 4 nitrogen and oxygen atoms in total. The van der Waals surface area contributed by atoms with Gasteiger partial charge in [0.25, 0.3) is 5.89 Å². The Morgan fingerprint density at radius 3 is 2.43 bits per heavy atom. The van der Waals surface area contributed by atoms with E-state index >= 15 is 0 Å². The molecule has 0 fully saturated rings. The predicted octanol–water partition coefficient (Wildman–Crippen LogP) is 5.06. The van der Waals surface area contributed by atoms with Gasteiger partial charge >= 0.3 is 0 Å². The van der Waals surface area contributed by atoms with Crippen molar-refractivity contribution in [3.63, 3.8) is 0 Å². The summed E-state index contributed by atoms with van der Waals surface area (Å²) in [6.07, 6.45) is 0. The number of aromatic nitrogens is 2. The molecule has 0 spiro atoms. The minimum absolute atomic E-state index is 0.339. The van der Waals surface area contributed by atoms with Crippen LogP contribution in [-0.2, 0) is 0 Å². The lowest BCUT2D eigenvalue weighted by Gasteiger charge is -2.00. The van der Waals surface area contributed by atoms with Crippen LogP contribution in [0.3, 0.4) is 0 Å². The molecule has 0 aliphatic carbocycles. The first-order chi connectivity index (χ1) is 10.0. The van der Waals surface area contributed by atoms with E-state index < -0.39 is 0 Å². The highest BCUT2D eigenvalue weighted by Crippen LogP contribution is 2.30. The van der Waals surface area contributed by atoms with Crippen molar-refractivity contribution in [3.05, 3.63) is 50.9 Å². The summed E-state index contributed by atoms with van der Waals surface area (Å²) in [5.74, 6) is 0.739. The van der Waals surface area contributed by atoms with Crippen molar-refractivity contribution in [1.29, 1.82) is 0 Å². The van der Waals surface area contributed by atoms with Crippen LogP contribution in [0, 0.1) is 0 Å². The molecule has 1 heterocycles. The SMILES string of the molecule is Nc1cc(Br)ccc1-c1nc(-c2cc(Cl)cc(Cl)c2)no1. The number of rotatable bonds is 2. The summed E-state index contributed by atoms with van der Waals surface area (Å²) in [5, 5.41) is 4.95. The number of nitrogens with two attached hydrogens (primary N) is 1. The minimum atomic E-state index is 0.339. The number of halogens is 3. The zero-order chi connectivity index (χ0) is 15.0. The quantitative estimate of drug-likeness (QED) is 0.627. The number of hydrogen-bond donors (Lipinski definition) is 1. The van der Waals surface area contributed by atoms with Gasteiger partial charge in [-0.1, -0.05) is 44.3 Å². The zero-order valence-electron chi connectivity index (χ0n) is 10.5. The molecule has 1 aromatic heterocycles. The molecule has 2 N–H and O–H groups in total. The van der Waals surface area contributed by atoms with E-state index in [-0.39, 0.29) is 0 Å². The van der Waals surface area contributed by atoms with Crippen molar-refractivity contribution in [2.75, 3.05) is 5.73 Å². The monoisotopic (exact) mass is 383 g/mol. The number of nitrogen functional groups attached to an aromatic ring is 1. The van der Waals surface area contributed by atoms with Gasteiger partial charge in [0.15, 0.2) is 0 Å². The molecule has 7 heteroatoms. The summed E-state index contributed by atoms with van der Waals surface area (Å²) in [7, 11) is 0. The third-order valence-electron chi connectivity index (χ3n) is 2.79. The van der Waals surface area contributed by atoms with Crippen LogP contribution in [-0.4, -0.2) is 10.1 Å². The molecule has 0 amide bonds. The first-order valence-corrected chi connectivity index (χ1v) is 7.43. The molecule has 106 valence electrons. The second kappa shape index (κ2) is 5.67. The summed E-state index contributed by atoms with van der Waals surface area (Å²) < 4.78 is 6.14. The molecule has 3 aromatic rings. The Kier molecular flexibility index (Phi) is 3.89. The molecule has 3 rings (SSSR count). The summed E-state index contributed by atoms with van der Waals surface area (Å²) in [6, 6.07) is 10.5. The van der Waals surface area contributed by atoms with Crippen LogP contribution < -0.4 is 5.73 Å². The summed E-state index contributed by atoms with van der Waals surface area (Å²) >= 11 is 15.3. The van der Waals surface area contributed by atoms with E-state index in [0.717, 1.165) is 4.47 Å². The number of hydrogen-bond acceptors (Lipinski definition) is 4. The molecule has 21 heavy (non-hydrogen) atoms. The van der Waals surface area contributed by atoms with Gasteiger partial charge in [0, 0.05) is 25.8 Å². The molecule has 0 aliphatic heterocycles. The average molecular weight is 385 g/mol. The molecule has 0 radical (unpaired) electrons. The van der Waals surface area contributed by atoms with E-state index in [0.29, 0.717) is 38.6 Å². The highest BCUT2D eigenvalue weighted by atomic mass is 79.9. The summed E-state index contributed by atoms with van der Waals surface area (Å²) in [4.78, 5) is 4.33. The Bertz CT molecular complexity index is 799. The van der Waals surface area contributed by atoms with Gasteiger partial charge in [-0.25, -0.2) is 0 Å². The molecular weight excluding hydrogens is 377 g/mol. The van der Waals surface area contributed by atoms with Crippen molar-refractivity contribution in [2.45, 2.75) is 0 Å². The standard InChI is InChI=1S/C14H8BrCl2N3O/c15-8-1-2-11(12(18)5-8)14-19-13(20-21-14)7-3-9(16)6-10(17)4-7/h1-6H,18H2. The fourth-order valence-electron chi connectivity index (χ4n) is 1.86. The first kappa shape index (κ1) is 14.4. The van der Waals surface area contributed by atoms with Gasteiger partial charge < -0.3 is 10.3 Å². The summed E-state index contributed by atoms with van der Waals surface area (Å²) in [6.45, 7) is 0. The van der Waals surface area contributed by atoms with Crippen LogP contribution in [0.4, 0.5) is 5.69 Å². The lowest BCUT2D eigenvalue weighted by molar-refractivity contribution is 0.432. The number of anilines is 1. The molecule has 0 saturated heterocycles. The molecule has 0 saturated carbocycles. The topological polar surface area (TPSA) is 64.9 Å². The van der Waals surface area contributed by atoms with E-state index in [9.17, 15) is 0 Å². The number of benzene rings is 2. The Labute approximate surface area is 139 Å². The van der Waals surface area contributed by atoms with Crippen molar-refractivity contribution in [3.8, 4) is 22.8 Å². The zero-order valence-corrected chi connectivity index (χ0v) is 13.6. The third kappa shape index (κ3) is 3.05. The lowest BCUT2D eigenvalue weighted by atomic mass is 10.2. The normalized spacial score (nSPS) is 10.8. The van der Waals surface area contributed by atoms with E-state index in [1.165, 1.54) is 0 Å². The van der Waals surface area contributed by atoms with Gasteiger partial charge in [-0.15, -0.1) is 0 Å². The van der Waals surface area contributed by atoms with E-state index in [2.05, 4.69) is 26.1 Å². The van der Waals surface area contributed by atoms with Gasteiger partial charge in [0.05, 0.1) is 5.56 Å². The molecular formula is C14H8BrCl2N3O. The molecule has 0 unspecified atom stereocenters. The Balaban J connectivity index is 2.03. The number of nitrogens with zero attached hydrogens (tertiary/aromatic N) is 2. The van der Waals surface area contributed by atoms with E-state index in [1.807, 2.05) is 12.1 Å². The van der Waals surface area contributed by atoms with Crippen molar-refractivity contribution in [1.82, 2.24) is 10.1 Å². The summed E-state index contributed by atoms with van der Waals surface area (Å²) in [5.41, 5.74) is 7.84. The molecule has 0 aliphatic rings. The molecule has 0 bridgehead atoms. The highest BCUT2D eigenvalue weighted by Gasteiger charge is 2.14. The first-order valence-electron chi connectivity index (χ1n) is 5.88. The van der Waals surface area contributed by atoms with Crippen LogP contribution in [0.1, 0.15) is 0 Å². The van der Waals surface area contributed by atoms with Gasteiger partial charge in [-0.2, -0.15) is 4.98 Å². The maximum absolute atomic E-state index is 5.97.